The Balaban J connectivity index is 2.07. The topological polar surface area (TPSA) is 88.4 Å². The van der Waals surface area contributed by atoms with Gasteiger partial charge in [-0.05, 0) is 50.9 Å². The summed E-state index contributed by atoms with van der Waals surface area (Å²) in [4.78, 5) is 36.5. The Morgan fingerprint density at radius 3 is 2.72 bits per heavy atom. The van der Waals surface area contributed by atoms with Crippen molar-refractivity contribution in [1.82, 2.24) is 10.6 Å². The second-order valence-electron chi connectivity index (χ2n) is 6.60. The highest BCUT2D eigenvalue weighted by Gasteiger charge is 2.29. The van der Waals surface area contributed by atoms with E-state index >= 15 is 0 Å². The van der Waals surface area contributed by atoms with Gasteiger partial charge in [0.05, 0.1) is 17.0 Å². The van der Waals surface area contributed by atoms with Crippen molar-refractivity contribution in [3.8, 4) is 0 Å². The predicted molar refractivity (Wildman–Crippen MR) is 94.8 cm³/mol. The molecule has 2 heterocycles. The molecule has 1 aliphatic heterocycles. The molecule has 0 spiro atoms. The molecule has 1 aliphatic rings. The molecule has 1 fully saturated rings. The highest BCUT2D eigenvalue weighted by Crippen LogP contribution is 2.29. The lowest BCUT2D eigenvalue weighted by Crippen LogP contribution is -2.39. The summed E-state index contributed by atoms with van der Waals surface area (Å²) in [6.07, 6.45) is 1.29. The van der Waals surface area contributed by atoms with Crippen LogP contribution in [0.3, 0.4) is 0 Å². The van der Waals surface area contributed by atoms with Gasteiger partial charge in [-0.2, -0.15) is 0 Å². The lowest BCUT2D eigenvalue weighted by Gasteiger charge is -2.28. The van der Waals surface area contributed by atoms with Crippen molar-refractivity contribution >= 4 is 22.7 Å². The summed E-state index contributed by atoms with van der Waals surface area (Å²) in [7, 11) is 1.62. The molecule has 2 atom stereocenters. The van der Waals surface area contributed by atoms with Crippen molar-refractivity contribution in [1.29, 1.82) is 0 Å². The Labute approximate surface area is 145 Å². The highest BCUT2D eigenvalue weighted by molar-refractivity contribution is 6.05. The quantitative estimate of drug-likeness (QED) is 0.834. The molecule has 3 rings (SSSR count). The van der Waals surface area contributed by atoms with Crippen molar-refractivity contribution in [2.24, 2.45) is 5.92 Å². The van der Waals surface area contributed by atoms with Crippen LogP contribution in [-0.4, -0.2) is 25.3 Å². The number of hydrogen-bond donors (Lipinski definition) is 2. The van der Waals surface area contributed by atoms with E-state index in [2.05, 4.69) is 10.6 Å². The Hall–Kier alpha value is -2.47. The van der Waals surface area contributed by atoms with E-state index in [0.717, 1.165) is 12.0 Å². The van der Waals surface area contributed by atoms with E-state index in [1.807, 2.05) is 6.92 Å². The van der Waals surface area contributed by atoms with Gasteiger partial charge in [0.25, 0.3) is 0 Å². The van der Waals surface area contributed by atoms with Crippen LogP contribution < -0.4 is 16.1 Å². The standard InChI is InChI=1S/C19H22N2O4/c1-10-6-13(11(2)22)18-14(7-10)16(23)9-17(25-18)15-8-12(4-5-21-15)19(24)20-3/h6-7,9,12,15,21H,4-5,8H2,1-3H3,(H,20,24). The van der Waals surface area contributed by atoms with Crippen molar-refractivity contribution in [2.75, 3.05) is 13.6 Å². The molecular formula is C19H22N2O4. The number of rotatable bonds is 3. The van der Waals surface area contributed by atoms with E-state index in [9.17, 15) is 14.4 Å². The zero-order chi connectivity index (χ0) is 18.1. The molecule has 6 nitrogen and oxygen atoms in total. The summed E-state index contributed by atoms with van der Waals surface area (Å²) >= 11 is 0. The van der Waals surface area contributed by atoms with E-state index in [4.69, 9.17) is 4.42 Å². The van der Waals surface area contributed by atoms with Crippen LogP contribution in [0.25, 0.3) is 11.0 Å². The summed E-state index contributed by atoms with van der Waals surface area (Å²) in [5.74, 6) is 0.198. The monoisotopic (exact) mass is 342 g/mol. The Bertz CT molecular complexity index is 900. The number of nitrogens with one attached hydrogen (secondary N) is 2. The molecule has 0 saturated carbocycles. The number of amides is 1. The summed E-state index contributed by atoms with van der Waals surface area (Å²) in [6, 6.07) is 4.71. The third-order valence-electron chi connectivity index (χ3n) is 4.74. The lowest BCUT2D eigenvalue weighted by molar-refractivity contribution is -0.125. The van der Waals surface area contributed by atoms with Gasteiger partial charge in [0.15, 0.2) is 11.2 Å². The van der Waals surface area contributed by atoms with Crippen molar-refractivity contribution in [3.63, 3.8) is 0 Å². The van der Waals surface area contributed by atoms with Crippen LogP contribution in [0.4, 0.5) is 0 Å². The molecular weight excluding hydrogens is 320 g/mol. The molecule has 1 amide bonds. The number of hydrogen-bond acceptors (Lipinski definition) is 5. The first-order valence-electron chi connectivity index (χ1n) is 8.45. The van der Waals surface area contributed by atoms with Crippen LogP contribution in [0.1, 0.15) is 47.5 Å². The first kappa shape index (κ1) is 17.4. The van der Waals surface area contributed by atoms with Gasteiger partial charge in [0.1, 0.15) is 11.3 Å². The maximum absolute atomic E-state index is 12.6. The Morgan fingerprint density at radius 2 is 2.04 bits per heavy atom. The smallest absolute Gasteiger partial charge is 0.222 e. The minimum absolute atomic E-state index is 0.00492. The molecule has 1 aromatic heterocycles. The molecule has 6 heteroatoms. The molecule has 25 heavy (non-hydrogen) atoms. The maximum Gasteiger partial charge on any atom is 0.222 e. The number of piperidine rings is 1. The molecule has 2 unspecified atom stereocenters. The van der Waals surface area contributed by atoms with Crippen molar-refractivity contribution < 1.29 is 14.0 Å². The van der Waals surface area contributed by atoms with Crippen LogP contribution in [0.2, 0.25) is 0 Å². The van der Waals surface area contributed by atoms with Gasteiger partial charge in [0, 0.05) is 19.0 Å². The summed E-state index contributed by atoms with van der Waals surface area (Å²) in [6.45, 7) is 3.97. The molecule has 0 aliphatic carbocycles. The average Bonchev–Trinajstić information content (AvgIpc) is 2.60. The fraction of sp³-hybridized carbons (Fsp3) is 0.421. The number of ketones is 1. The third kappa shape index (κ3) is 3.35. The van der Waals surface area contributed by atoms with Gasteiger partial charge in [-0.1, -0.05) is 0 Å². The second-order valence-corrected chi connectivity index (χ2v) is 6.60. The SMILES string of the molecule is CNC(=O)C1CCNC(c2cc(=O)c3cc(C)cc(C(C)=O)c3o2)C1. The molecule has 132 valence electrons. The highest BCUT2D eigenvalue weighted by atomic mass is 16.3. The minimum atomic E-state index is -0.228. The minimum Gasteiger partial charge on any atom is -0.458 e. The molecule has 0 radical (unpaired) electrons. The fourth-order valence-corrected chi connectivity index (χ4v) is 3.43. The van der Waals surface area contributed by atoms with Crippen molar-refractivity contribution in [3.05, 3.63) is 45.3 Å². The van der Waals surface area contributed by atoms with Crippen LogP contribution in [0, 0.1) is 12.8 Å². The van der Waals surface area contributed by atoms with Crippen LogP contribution in [0.15, 0.2) is 27.4 Å². The fourth-order valence-electron chi connectivity index (χ4n) is 3.43. The van der Waals surface area contributed by atoms with Gasteiger partial charge < -0.3 is 15.1 Å². The lowest BCUT2D eigenvalue weighted by atomic mass is 9.90. The van der Waals surface area contributed by atoms with E-state index in [1.54, 1.807) is 19.2 Å². The summed E-state index contributed by atoms with van der Waals surface area (Å²) < 4.78 is 5.98. The first-order valence-corrected chi connectivity index (χ1v) is 8.45. The van der Waals surface area contributed by atoms with Gasteiger partial charge in [-0.15, -0.1) is 0 Å². The number of aryl methyl sites for hydroxylation is 1. The van der Waals surface area contributed by atoms with Gasteiger partial charge >= 0.3 is 0 Å². The van der Waals surface area contributed by atoms with Gasteiger partial charge in [-0.25, -0.2) is 0 Å². The number of Topliss-reactive ketones (excluding diaryl/α,β-unsaturated/α-hetero) is 1. The van der Waals surface area contributed by atoms with Crippen LogP contribution >= 0.6 is 0 Å². The molecule has 2 aromatic rings. The molecule has 0 bridgehead atoms. The van der Waals surface area contributed by atoms with E-state index < -0.39 is 0 Å². The van der Waals surface area contributed by atoms with E-state index in [1.165, 1.54) is 13.0 Å². The van der Waals surface area contributed by atoms with Crippen LogP contribution in [-0.2, 0) is 4.79 Å². The Morgan fingerprint density at radius 1 is 1.28 bits per heavy atom. The predicted octanol–water partition coefficient (Wildman–Crippen LogP) is 2.09. The summed E-state index contributed by atoms with van der Waals surface area (Å²) in [5.41, 5.74) is 1.40. The van der Waals surface area contributed by atoms with E-state index in [0.29, 0.717) is 35.3 Å². The van der Waals surface area contributed by atoms with Crippen molar-refractivity contribution in [2.45, 2.75) is 32.7 Å². The molecule has 1 aromatic carbocycles. The number of carbonyl (C=O) groups is 2. The molecule has 1 saturated heterocycles. The zero-order valence-corrected chi connectivity index (χ0v) is 14.6. The van der Waals surface area contributed by atoms with Gasteiger partial charge in [-0.3, -0.25) is 14.4 Å². The Kier molecular flexibility index (Phi) is 4.72. The maximum atomic E-state index is 12.6. The van der Waals surface area contributed by atoms with Gasteiger partial charge in [0.2, 0.25) is 5.91 Å². The molecule has 2 N–H and O–H groups in total. The third-order valence-corrected chi connectivity index (χ3v) is 4.74. The first-order chi connectivity index (χ1) is 11.9. The normalized spacial score (nSPS) is 20.4. The number of carbonyl (C=O) groups excluding carboxylic acids is 2. The zero-order valence-electron chi connectivity index (χ0n) is 14.6. The largest absolute Gasteiger partial charge is 0.458 e. The van der Waals surface area contributed by atoms with Crippen LogP contribution in [0.5, 0.6) is 0 Å². The second kappa shape index (κ2) is 6.80. The average molecular weight is 342 g/mol. The number of fused-ring (bicyclic) bond motifs is 1. The van der Waals surface area contributed by atoms with E-state index in [-0.39, 0.29) is 29.1 Å². The summed E-state index contributed by atoms with van der Waals surface area (Å²) in [5, 5.41) is 6.38. The number of benzene rings is 1.